The van der Waals surface area contributed by atoms with Gasteiger partial charge < -0.3 is 14.2 Å². The van der Waals surface area contributed by atoms with Crippen LogP contribution in [-0.2, 0) is 15.9 Å². The van der Waals surface area contributed by atoms with Crippen LogP contribution in [0.5, 0.6) is 5.75 Å². The van der Waals surface area contributed by atoms with Gasteiger partial charge in [-0.25, -0.2) is 0 Å². The summed E-state index contributed by atoms with van der Waals surface area (Å²) in [5, 5.41) is 0. The molecule has 1 saturated carbocycles. The van der Waals surface area contributed by atoms with Crippen LogP contribution in [0.3, 0.4) is 0 Å². The van der Waals surface area contributed by atoms with Crippen LogP contribution in [0.15, 0.2) is 35.4 Å². The molecule has 0 unspecified atom stereocenters. The van der Waals surface area contributed by atoms with Crippen molar-refractivity contribution in [1.29, 1.82) is 0 Å². The van der Waals surface area contributed by atoms with Gasteiger partial charge in [-0.2, -0.15) is 0 Å². The van der Waals surface area contributed by atoms with E-state index >= 15 is 0 Å². The first kappa shape index (κ1) is 14.7. The summed E-state index contributed by atoms with van der Waals surface area (Å²) in [5.41, 5.74) is 7.39. The number of hydrogen-bond donors (Lipinski definition) is 0. The van der Waals surface area contributed by atoms with E-state index in [1.54, 1.807) is 18.3 Å². The molecule has 3 heteroatoms. The second-order valence-electron chi connectivity index (χ2n) is 7.58. The molecule has 1 heterocycles. The van der Waals surface area contributed by atoms with Gasteiger partial charge in [-0.3, -0.25) is 0 Å². The van der Waals surface area contributed by atoms with Gasteiger partial charge in [-0.15, -0.1) is 0 Å². The Kier molecular flexibility index (Phi) is 3.05. The molecule has 1 aliphatic heterocycles. The van der Waals surface area contributed by atoms with E-state index in [0.29, 0.717) is 0 Å². The van der Waals surface area contributed by atoms with Crippen molar-refractivity contribution in [3.8, 4) is 5.75 Å². The largest absolute Gasteiger partial charge is 0.497 e. The molecular formula is C21H24O3. The highest BCUT2D eigenvalue weighted by atomic mass is 16.7. The van der Waals surface area contributed by atoms with Crippen LogP contribution in [0.2, 0.25) is 0 Å². The van der Waals surface area contributed by atoms with Crippen molar-refractivity contribution in [3.63, 3.8) is 0 Å². The minimum absolute atomic E-state index is 0.00626. The van der Waals surface area contributed by atoms with Gasteiger partial charge in [0.1, 0.15) is 5.75 Å². The van der Waals surface area contributed by atoms with Gasteiger partial charge in [0.2, 0.25) is 0 Å². The Bertz CT molecular complexity index is 767. The highest BCUT2D eigenvalue weighted by Crippen LogP contribution is 2.61. The topological polar surface area (TPSA) is 27.7 Å². The molecule has 1 atom stereocenters. The summed E-state index contributed by atoms with van der Waals surface area (Å²) in [7, 11) is 1.74. The molecule has 0 bridgehead atoms. The van der Waals surface area contributed by atoms with Crippen molar-refractivity contribution in [2.24, 2.45) is 5.41 Å². The number of fused-ring (bicyclic) bond motifs is 5. The molecule has 2 fully saturated rings. The average molecular weight is 324 g/mol. The number of allylic oxidation sites excluding steroid dienone is 3. The van der Waals surface area contributed by atoms with Crippen molar-refractivity contribution >= 4 is 5.57 Å². The smallest absolute Gasteiger partial charge is 0.178 e. The Morgan fingerprint density at radius 3 is 2.71 bits per heavy atom. The van der Waals surface area contributed by atoms with Crippen LogP contribution in [-0.4, -0.2) is 26.1 Å². The Morgan fingerprint density at radius 1 is 1.08 bits per heavy atom. The van der Waals surface area contributed by atoms with Crippen molar-refractivity contribution < 1.29 is 14.2 Å². The third kappa shape index (κ3) is 1.75. The van der Waals surface area contributed by atoms with Crippen molar-refractivity contribution in [1.82, 2.24) is 0 Å². The van der Waals surface area contributed by atoms with E-state index in [1.165, 1.54) is 16.7 Å². The van der Waals surface area contributed by atoms with Crippen LogP contribution in [0, 0.1) is 5.41 Å². The predicted octanol–water partition coefficient (Wildman–Crippen LogP) is 4.27. The van der Waals surface area contributed by atoms with E-state index in [4.69, 9.17) is 14.2 Å². The summed E-state index contributed by atoms with van der Waals surface area (Å²) in [6.07, 6.45) is 7.75. The molecule has 0 N–H and O–H groups in total. The third-order valence-corrected chi connectivity index (χ3v) is 6.62. The fourth-order valence-corrected chi connectivity index (χ4v) is 5.33. The molecule has 126 valence electrons. The number of hydrogen-bond acceptors (Lipinski definition) is 3. The van der Waals surface area contributed by atoms with E-state index in [9.17, 15) is 0 Å². The lowest BCUT2D eigenvalue weighted by atomic mass is 9.67. The highest BCUT2D eigenvalue weighted by Gasteiger charge is 2.60. The van der Waals surface area contributed by atoms with E-state index in [2.05, 4.69) is 31.2 Å². The minimum atomic E-state index is -0.377. The Labute approximate surface area is 143 Å². The van der Waals surface area contributed by atoms with Gasteiger partial charge >= 0.3 is 0 Å². The summed E-state index contributed by atoms with van der Waals surface area (Å²) < 4.78 is 17.7. The van der Waals surface area contributed by atoms with E-state index < -0.39 is 0 Å². The van der Waals surface area contributed by atoms with Gasteiger partial charge in [0, 0.05) is 11.8 Å². The molecule has 1 aromatic rings. The summed E-state index contributed by atoms with van der Waals surface area (Å²) in [6, 6.07) is 6.51. The summed E-state index contributed by atoms with van der Waals surface area (Å²) in [4.78, 5) is 0. The van der Waals surface area contributed by atoms with Crippen LogP contribution < -0.4 is 4.74 Å². The van der Waals surface area contributed by atoms with Crippen molar-refractivity contribution in [2.45, 2.75) is 44.8 Å². The Balaban J connectivity index is 1.61. The molecule has 1 saturated heterocycles. The third-order valence-electron chi connectivity index (χ3n) is 6.62. The van der Waals surface area contributed by atoms with Gasteiger partial charge in [0.15, 0.2) is 5.79 Å². The highest BCUT2D eigenvalue weighted by molar-refractivity contribution is 5.85. The number of methoxy groups -OCH3 is 1. The van der Waals surface area contributed by atoms with Crippen molar-refractivity contribution in [2.75, 3.05) is 20.3 Å². The molecule has 1 aromatic carbocycles. The lowest BCUT2D eigenvalue weighted by Gasteiger charge is -2.43. The molecule has 3 nitrogen and oxygen atoms in total. The molecule has 0 amide bonds. The van der Waals surface area contributed by atoms with E-state index in [-0.39, 0.29) is 11.2 Å². The fourth-order valence-electron chi connectivity index (χ4n) is 5.33. The maximum absolute atomic E-state index is 6.15. The van der Waals surface area contributed by atoms with Crippen LogP contribution in [0.25, 0.3) is 5.57 Å². The predicted molar refractivity (Wildman–Crippen MR) is 92.9 cm³/mol. The first-order valence-corrected chi connectivity index (χ1v) is 9.05. The fraction of sp³-hybridized carbons (Fsp3) is 0.524. The number of ether oxygens (including phenoxy) is 3. The molecule has 5 rings (SSSR count). The molecular weight excluding hydrogens is 300 g/mol. The van der Waals surface area contributed by atoms with Crippen LogP contribution >= 0.6 is 0 Å². The molecule has 24 heavy (non-hydrogen) atoms. The van der Waals surface area contributed by atoms with Gasteiger partial charge in [-0.1, -0.05) is 24.6 Å². The average Bonchev–Trinajstić information content (AvgIpc) is 3.21. The molecule has 0 aromatic heterocycles. The zero-order chi connectivity index (χ0) is 16.4. The number of rotatable bonds is 1. The quantitative estimate of drug-likeness (QED) is 0.772. The summed E-state index contributed by atoms with van der Waals surface area (Å²) in [5.74, 6) is 0.580. The lowest BCUT2D eigenvalue weighted by molar-refractivity contribution is -0.208. The summed E-state index contributed by atoms with van der Waals surface area (Å²) >= 11 is 0. The minimum Gasteiger partial charge on any atom is -0.497 e. The number of aryl methyl sites for hydroxylation is 1. The normalized spacial score (nSPS) is 30.0. The van der Waals surface area contributed by atoms with Gasteiger partial charge in [0.05, 0.1) is 20.3 Å². The zero-order valence-electron chi connectivity index (χ0n) is 14.5. The van der Waals surface area contributed by atoms with E-state index in [1.807, 2.05) is 0 Å². The SMILES string of the molecule is COc1ccc2c(c1)CCC1=C3CCC4(OCCO4)[C@@]3(C)CC=C12. The van der Waals surface area contributed by atoms with Crippen molar-refractivity contribution in [3.05, 3.63) is 46.5 Å². The van der Waals surface area contributed by atoms with E-state index in [0.717, 1.165) is 51.1 Å². The van der Waals surface area contributed by atoms with Crippen LogP contribution in [0.4, 0.5) is 0 Å². The number of benzene rings is 1. The Hall–Kier alpha value is -1.58. The Morgan fingerprint density at radius 2 is 1.92 bits per heavy atom. The molecule has 0 radical (unpaired) electrons. The molecule has 3 aliphatic carbocycles. The molecule has 4 aliphatic rings. The molecule has 1 spiro atoms. The van der Waals surface area contributed by atoms with Gasteiger partial charge in [0.25, 0.3) is 0 Å². The monoisotopic (exact) mass is 324 g/mol. The second kappa shape index (κ2) is 4.96. The van der Waals surface area contributed by atoms with Crippen LogP contribution in [0.1, 0.15) is 43.7 Å². The first-order valence-electron chi connectivity index (χ1n) is 9.05. The zero-order valence-corrected chi connectivity index (χ0v) is 14.5. The lowest BCUT2D eigenvalue weighted by Crippen LogP contribution is -2.44. The summed E-state index contributed by atoms with van der Waals surface area (Å²) in [6.45, 7) is 3.82. The van der Waals surface area contributed by atoms with Gasteiger partial charge in [-0.05, 0) is 60.1 Å². The standard InChI is InChI=1S/C21H24O3/c1-20-9-7-17-16-6-4-15(22-2)13-14(16)3-5-18(17)19(20)8-10-21(20)23-11-12-24-21/h4,6-7,13H,3,5,8-12H2,1-2H3/t20-/m0/s1. The maximum atomic E-state index is 6.15. The second-order valence-corrected chi connectivity index (χ2v) is 7.58. The first-order chi connectivity index (χ1) is 11.7. The maximum Gasteiger partial charge on any atom is 0.178 e.